The van der Waals surface area contributed by atoms with Crippen LogP contribution in [0.5, 0.6) is 5.75 Å². The number of hydrogen-bond donors (Lipinski definition) is 1. The lowest BCUT2D eigenvalue weighted by atomic mass is 9.79. The number of unbranched alkanes of at least 4 members (excludes halogenated alkanes) is 1. The van der Waals surface area contributed by atoms with Crippen LogP contribution in [0.1, 0.15) is 80.6 Å². The molecule has 1 heterocycles. The van der Waals surface area contributed by atoms with Gasteiger partial charge in [-0.2, -0.15) is 0 Å². The molecule has 2 aliphatic rings. The van der Waals surface area contributed by atoms with Gasteiger partial charge < -0.3 is 4.74 Å². The van der Waals surface area contributed by atoms with E-state index in [9.17, 15) is 19.7 Å². The average Bonchev–Trinajstić information content (AvgIpc) is 2.74. The van der Waals surface area contributed by atoms with Gasteiger partial charge in [-0.3, -0.25) is 25.1 Å². The Balaban J connectivity index is 1.45. The predicted molar refractivity (Wildman–Crippen MR) is 117 cm³/mol. The van der Waals surface area contributed by atoms with Crippen LogP contribution in [0, 0.1) is 23.0 Å². The molecule has 31 heavy (non-hydrogen) atoms. The summed E-state index contributed by atoms with van der Waals surface area (Å²) in [6.07, 6.45) is 9.07. The van der Waals surface area contributed by atoms with Gasteiger partial charge >= 0.3 is 0 Å². The first-order valence-electron chi connectivity index (χ1n) is 11.4. The van der Waals surface area contributed by atoms with Crippen molar-refractivity contribution in [1.82, 2.24) is 10.4 Å². The van der Waals surface area contributed by atoms with Gasteiger partial charge in [0.25, 0.3) is 5.69 Å². The van der Waals surface area contributed by atoms with Gasteiger partial charge in [0.05, 0.1) is 11.5 Å². The van der Waals surface area contributed by atoms with Gasteiger partial charge in [-0.05, 0) is 70.4 Å². The molecule has 1 amide bonds. The van der Waals surface area contributed by atoms with Crippen LogP contribution in [-0.4, -0.2) is 40.8 Å². The van der Waals surface area contributed by atoms with Gasteiger partial charge in [0.1, 0.15) is 11.3 Å². The smallest absolute Gasteiger partial charge is 0.286 e. The Morgan fingerprint density at radius 1 is 1.19 bits per heavy atom. The third kappa shape index (κ3) is 5.81. The molecule has 2 atom stereocenters. The highest BCUT2D eigenvalue weighted by Crippen LogP contribution is 2.34. The van der Waals surface area contributed by atoms with Gasteiger partial charge in [0.2, 0.25) is 5.91 Å². The molecule has 1 aliphatic carbocycles. The largest absolute Gasteiger partial charge is 0.493 e. The highest BCUT2D eigenvalue weighted by molar-refractivity contribution is 6.01. The van der Waals surface area contributed by atoms with Crippen molar-refractivity contribution in [2.75, 3.05) is 13.2 Å². The molecule has 2 fully saturated rings. The highest BCUT2D eigenvalue weighted by atomic mass is 16.6. The molecule has 1 saturated heterocycles. The van der Waals surface area contributed by atoms with Crippen molar-refractivity contribution in [2.45, 2.75) is 77.7 Å². The molecule has 1 aromatic rings. The summed E-state index contributed by atoms with van der Waals surface area (Å²) in [4.78, 5) is 35.2. The van der Waals surface area contributed by atoms with E-state index in [4.69, 9.17) is 4.74 Å². The van der Waals surface area contributed by atoms with Gasteiger partial charge in [-0.25, -0.2) is 5.01 Å². The fourth-order valence-electron chi connectivity index (χ4n) is 4.92. The molecule has 170 valence electrons. The number of hydrazine groups is 1. The minimum atomic E-state index is -0.541. The summed E-state index contributed by atoms with van der Waals surface area (Å²) in [5.41, 5.74) is 3.35. The average molecular weight is 432 g/mol. The molecule has 8 nitrogen and oxygen atoms in total. The van der Waals surface area contributed by atoms with Crippen LogP contribution in [0.2, 0.25) is 0 Å². The molecule has 8 heteroatoms. The topological polar surface area (TPSA) is 102 Å². The number of Topliss-reactive ketones (excluding diaryl/α,β-unsaturated/α-hetero) is 1. The number of aryl methyl sites for hydroxylation is 1. The molecular weight excluding hydrogens is 398 g/mol. The number of ketones is 1. The van der Waals surface area contributed by atoms with E-state index >= 15 is 0 Å². The van der Waals surface area contributed by atoms with Gasteiger partial charge in [0, 0.05) is 24.6 Å². The van der Waals surface area contributed by atoms with Crippen LogP contribution in [-0.2, 0) is 4.79 Å². The van der Waals surface area contributed by atoms with Crippen LogP contribution in [0.25, 0.3) is 0 Å². The predicted octanol–water partition coefficient (Wildman–Crippen LogP) is 4.34. The number of nitrogens with one attached hydrogen (secondary N) is 1. The van der Waals surface area contributed by atoms with E-state index in [1.165, 1.54) is 39.0 Å². The number of nitro benzene ring substituents is 1. The number of carbonyl (C=O) groups excluding carboxylic acids is 2. The number of rotatable bonds is 9. The fraction of sp³-hybridized carbons (Fsp3) is 0.652. The minimum Gasteiger partial charge on any atom is -0.493 e. The van der Waals surface area contributed by atoms with Crippen molar-refractivity contribution in [3.05, 3.63) is 33.4 Å². The molecule has 1 saturated carbocycles. The van der Waals surface area contributed by atoms with Crippen molar-refractivity contribution < 1.29 is 19.2 Å². The Hall–Kier alpha value is -2.48. The first kappa shape index (κ1) is 23.2. The van der Waals surface area contributed by atoms with Gasteiger partial charge in [-0.15, -0.1) is 0 Å². The number of nitrogens with zero attached hydrogens (tertiary/aromatic N) is 2. The normalized spacial score (nSPS) is 21.2. The monoisotopic (exact) mass is 431 g/mol. The molecule has 0 bridgehead atoms. The molecule has 3 rings (SSSR count). The SMILES string of the molecule is CC(=O)c1c(OCCCCC(=O)NN2CCCC3CCCCC32)ccc(C)c1[N+](=O)[O-]. The summed E-state index contributed by atoms with van der Waals surface area (Å²) in [7, 11) is 0. The second-order valence-corrected chi connectivity index (χ2v) is 8.71. The number of piperidine rings is 1. The molecule has 1 aromatic carbocycles. The van der Waals surface area contributed by atoms with E-state index < -0.39 is 10.7 Å². The number of hydrogen-bond acceptors (Lipinski definition) is 6. The number of benzene rings is 1. The lowest BCUT2D eigenvalue weighted by Crippen LogP contribution is -2.55. The Labute approximate surface area is 183 Å². The number of fused-ring (bicyclic) bond motifs is 1. The zero-order valence-electron chi connectivity index (χ0n) is 18.5. The molecule has 1 aliphatic heterocycles. The highest BCUT2D eigenvalue weighted by Gasteiger charge is 2.33. The molecule has 0 aromatic heterocycles. The molecular formula is C23H33N3O5. The summed E-state index contributed by atoms with van der Waals surface area (Å²) in [5.74, 6) is 0.574. The lowest BCUT2D eigenvalue weighted by Gasteiger charge is -2.43. The maximum atomic E-state index is 12.4. The summed E-state index contributed by atoms with van der Waals surface area (Å²) < 4.78 is 5.68. The second-order valence-electron chi connectivity index (χ2n) is 8.71. The van der Waals surface area contributed by atoms with Crippen molar-refractivity contribution >= 4 is 17.4 Å². The number of carbonyl (C=O) groups is 2. The van der Waals surface area contributed by atoms with E-state index in [1.807, 2.05) is 0 Å². The number of nitro groups is 1. The third-order valence-electron chi connectivity index (χ3n) is 6.44. The molecule has 2 unspecified atom stereocenters. The quantitative estimate of drug-likeness (QED) is 0.270. The van der Waals surface area contributed by atoms with Gasteiger partial charge in [-0.1, -0.05) is 12.8 Å². The minimum absolute atomic E-state index is 0.00915. The Morgan fingerprint density at radius 3 is 2.68 bits per heavy atom. The number of amides is 1. The summed E-state index contributed by atoms with van der Waals surface area (Å²) >= 11 is 0. The van der Waals surface area contributed by atoms with Crippen LogP contribution in [0.3, 0.4) is 0 Å². The van der Waals surface area contributed by atoms with Crippen molar-refractivity contribution in [1.29, 1.82) is 0 Å². The van der Waals surface area contributed by atoms with Crippen LogP contribution in [0.15, 0.2) is 12.1 Å². The van der Waals surface area contributed by atoms with E-state index in [0.29, 0.717) is 43.4 Å². The maximum absolute atomic E-state index is 12.4. The lowest BCUT2D eigenvalue weighted by molar-refractivity contribution is -0.385. The Kier molecular flexibility index (Phi) is 8.01. The van der Waals surface area contributed by atoms with Gasteiger partial charge in [0.15, 0.2) is 5.78 Å². The van der Waals surface area contributed by atoms with Crippen molar-refractivity contribution in [3.8, 4) is 5.75 Å². The van der Waals surface area contributed by atoms with Crippen LogP contribution in [0.4, 0.5) is 5.69 Å². The Bertz CT molecular complexity index is 824. The van der Waals surface area contributed by atoms with E-state index in [0.717, 1.165) is 13.0 Å². The maximum Gasteiger partial charge on any atom is 0.286 e. The second kappa shape index (κ2) is 10.7. The van der Waals surface area contributed by atoms with Crippen LogP contribution < -0.4 is 10.2 Å². The first-order valence-corrected chi connectivity index (χ1v) is 11.4. The van der Waals surface area contributed by atoms with Crippen molar-refractivity contribution in [3.63, 3.8) is 0 Å². The van der Waals surface area contributed by atoms with E-state index in [2.05, 4.69) is 10.4 Å². The third-order valence-corrected chi connectivity index (χ3v) is 6.44. The standard InChI is InChI=1S/C23H33N3O5/c1-16-12-13-20(22(17(2)27)23(16)26(29)30)31-15-6-5-11-21(28)24-25-14-7-9-18-8-3-4-10-19(18)25/h12-13,18-19H,3-11,14-15H2,1-2H3,(H,24,28). The molecule has 1 N–H and O–H groups in total. The summed E-state index contributed by atoms with van der Waals surface area (Å²) in [6.45, 7) is 4.12. The summed E-state index contributed by atoms with van der Waals surface area (Å²) in [6, 6.07) is 3.67. The zero-order chi connectivity index (χ0) is 22.4. The first-order chi connectivity index (χ1) is 14.9. The molecule has 0 radical (unpaired) electrons. The molecule has 0 spiro atoms. The fourth-order valence-corrected chi connectivity index (χ4v) is 4.92. The summed E-state index contributed by atoms with van der Waals surface area (Å²) in [5, 5.41) is 13.5. The van der Waals surface area contributed by atoms with Crippen molar-refractivity contribution in [2.24, 2.45) is 5.92 Å². The zero-order valence-corrected chi connectivity index (χ0v) is 18.5. The van der Waals surface area contributed by atoms with E-state index in [1.54, 1.807) is 19.1 Å². The number of ether oxygens (including phenoxy) is 1. The Morgan fingerprint density at radius 2 is 1.94 bits per heavy atom. The van der Waals surface area contributed by atoms with E-state index in [-0.39, 0.29) is 22.9 Å². The van der Waals surface area contributed by atoms with Crippen LogP contribution >= 0.6 is 0 Å².